The second-order valence-electron chi connectivity index (χ2n) is 5.52. The highest BCUT2D eigenvalue weighted by molar-refractivity contribution is 5.88. The van der Waals surface area contributed by atoms with Gasteiger partial charge in [0.2, 0.25) is 0 Å². The van der Waals surface area contributed by atoms with Crippen LogP contribution in [0, 0.1) is 0 Å². The summed E-state index contributed by atoms with van der Waals surface area (Å²) in [5.74, 6) is -0.888. The van der Waals surface area contributed by atoms with Gasteiger partial charge in [-0.15, -0.1) is 0 Å². The molecule has 1 aliphatic rings. The lowest BCUT2D eigenvalue weighted by atomic mass is 9.96. The molecule has 0 spiro atoms. The summed E-state index contributed by atoms with van der Waals surface area (Å²) in [6.07, 6.45) is 2.60. The summed E-state index contributed by atoms with van der Waals surface area (Å²) >= 11 is 0. The van der Waals surface area contributed by atoms with Crippen LogP contribution in [0.4, 0.5) is 5.69 Å². The third kappa shape index (κ3) is 3.07. The molecular formula is C15H21NO3. The summed E-state index contributed by atoms with van der Waals surface area (Å²) in [6, 6.07) is 5.26. The van der Waals surface area contributed by atoms with Gasteiger partial charge >= 0.3 is 5.97 Å². The van der Waals surface area contributed by atoms with E-state index in [1.165, 1.54) is 0 Å². The number of benzene rings is 1. The van der Waals surface area contributed by atoms with E-state index in [0.717, 1.165) is 30.6 Å². The number of aromatic carboxylic acids is 1. The Kier molecular flexibility index (Phi) is 3.80. The Labute approximate surface area is 113 Å². The van der Waals surface area contributed by atoms with E-state index in [4.69, 9.17) is 5.11 Å². The van der Waals surface area contributed by atoms with Crippen molar-refractivity contribution in [3.63, 3.8) is 0 Å². The van der Waals surface area contributed by atoms with Gasteiger partial charge < -0.3 is 15.1 Å². The van der Waals surface area contributed by atoms with Crippen molar-refractivity contribution in [1.82, 2.24) is 0 Å². The Morgan fingerprint density at radius 2 is 2.21 bits per heavy atom. The van der Waals surface area contributed by atoms with Crippen molar-refractivity contribution in [1.29, 1.82) is 0 Å². The van der Waals surface area contributed by atoms with E-state index < -0.39 is 11.6 Å². The highest BCUT2D eigenvalue weighted by Crippen LogP contribution is 2.29. The minimum atomic E-state index is -0.888. The fourth-order valence-corrected chi connectivity index (χ4v) is 2.50. The molecule has 1 unspecified atom stereocenters. The topological polar surface area (TPSA) is 60.8 Å². The number of aliphatic hydroxyl groups is 1. The van der Waals surface area contributed by atoms with Gasteiger partial charge in [-0.1, -0.05) is 6.92 Å². The Morgan fingerprint density at radius 1 is 1.47 bits per heavy atom. The average molecular weight is 263 g/mol. The number of aryl methyl sites for hydroxylation is 1. The summed E-state index contributed by atoms with van der Waals surface area (Å²) in [6.45, 7) is 5.31. The van der Waals surface area contributed by atoms with Crippen molar-refractivity contribution in [2.75, 3.05) is 18.0 Å². The molecule has 0 bridgehead atoms. The van der Waals surface area contributed by atoms with E-state index in [2.05, 4.69) is 4.90 Å². The molecule has 0 fully saturated rings. The van der Waals surface area contributed by atoms with Crippen LogP contribution in [0.1, 0.15) is 42.6 Å². The van der Waals surface area contributed by atoms with Crippen LogP contribution in [0.5, 0.6) is 0 Å². The Bertz CT molecular complexity index is 482. The van der Waals surface area contributed by atoms with Gasteiger partial charge in [0.1, 0.15) is 0 Å². The van der Waals surface area contributed by atoms with Gasteiger partial charge in [0.25, 0.3) is 0 Å². The maximum atomic E-state index is 11.0. The maximum Gasteiger partial charge on any atom is 0.335 e. The molecule has 0 aliphatic carbocycles. The molecule has 0 amide bonds. The number of carbonyl (C=O) groups is 1. The lowest BCUT2D eigenvalue weighted by Crippen LogP contribution is -2.42. The molecule has 1 aliphatic heterocycles. The van der Waals surface area contributed by atoms with Crippen LogP contribution in [0.25, 0.3) is 0 Å². The number of fused-ring (bicyclic) bond motifs is 1. The van der Waals surface area contributed by atoms with Gasteiger partial charge in [-0.05, 0) is 49.9 Å². The first-order valence-electron chi connectivity index (χ1n) is 6.76. The second-order valence-corrected chi connectivity index (χ2v) is 5.52. The predicted molar refractivity (Wildman–Crippen MR) is 74.9 cm³/mol. The highest BCUT2D eigenvalue weighted by atomic mass is 16.4. The first-order valence-corrected chi connectivity index (χ1v) is 6.76. The molecule has 1 atom stereocenters. The summed E-state index contributed by atoms with van der Waals surface area (Å²) < 4.78 is 0. The number of hydrogen-bond acceptors (Lipinski definition) is 3. The Balaban J connectivity index is 2.27. The fourth-order valence-electron chi connectivity index (χ4n) is 2.50. The molecule has 2 rings (SSSR count). The number of carboxylic acids is 1. The first kappa shape index (κ1) is 13.9. The number of nitrogens with zero attached hydrogens (tertiary/aromatic N) is 1. The zero-order chi connectivity index (χ0) is 14.0. The summed E-state index contributed by atoms with van der Waals surface area (Å²) in [4.78, 5) is 13.2. The minimum absolute atomic E-state index is 0.336. The number of anilines is 1. The molecule has 0 aromatic heterocycles. The molecule has 0 saturated heterocycles. The molecule has 1 heterocycles. The molecular weight excluding hydrogens is 242 g/mol. The predicted octanol–water partition coefficient (Wildman–Crippen LogP) is 2.30. The third-order valence-corrected chi connectivity index (χ3v) is 3.83. The van der Waals surface area contributed by atoms with Crippen molar-refractivity contribution in [2.45, 2.75) is 38.7 Å². The molecule has 0 saturated carbocycles. The Hall–Kier alpha value is -1.55. The van der Waals surface area contributed by atoms with E-state index in [9.17, 15) is 9.90 Å². The van der Waals surface area contributed by atoms with Gasteiger partial charge in [0.05, 0.1) is 11.2 Å². The second kappa shape index (κ2) is 5.21. The van der Waals surface area contributed by atoms with E-state index in [1.54, 1.807) is 12.1 Å². The smallest absolute Gasteiger partial charge is 0.335 e. The average Bonchev–Trinajstić information content (AvgIpc) is 2.38. The fraction of sp³-hybridized carbons (Fsp3) is 0.533. The standard InChI is InChI=1S/C15H21NO3/c1-3-15(2,19)10-16-8-4-5-11-9-12(14(17)18)6-7-13(11)16/h6-7,9,19H,3-5,8,10H2,1-2H3,(H,17,18). The van der Waals surface area contributed by atoms with E-state index >= 15 is 0 Å². The molecule has 19 heavy (non-hydrogen) atoms. The minimum Gasteiger partial charge on any atom is -0.478 e. The highest BCUT2D eigenvalue weighted by Gasteiger charge is 2.25. The Morgan fingerprint density at radius 3 is 2.84 bits per heavy atom. The lowest BCUT2D eigenvalue weighted by molar-refractivity contribution is 0.0625. The van der Waals surface area contributed by atoms with Gasteiger partial charge in [-0.3, -0.25) is 0 Å². The van der Waals surface area contributed by atoms with Crippen molar-refractivity contribution >= 4 is 11.7 Å². The summed E-state index contributed by atoms with van der Waals surface area (Å²) in [7, 11) is 0. The van der Waals surface area contributed by atoms with E-state index in [0.29, 0.717) is 18.5 Å². The van der Waals surface area contributed by atoms with Gasteiger partial charge in [0.15, 0.2) is 0 Å². The van der Waals surface area contributed by atoms with Crippen LogP contribution in [0.15, 0.2) is 18.2 Å². The third-order valence-electron chi connectivity index (χ3n) is 3.83. The zero-order valence-electron chi connectivity index (χ0n) is 11.5. The SMILES string of the molecule is CCC(C)(O)CN1CCCc2cc(C(=O)O)ccc21. The van der Waals surface area contributed by atoms with Crippen molar-refractivity contribution in [2.24, 2.45) is 0 Å². The number of rotatable bonds is 4. The molecule has 4 heteroatoms. The van der Waals surface area contributed by atoms with Gasteiger partial charge in [-0.2, -0.15) is 0 Å². The number of β-amino-alcohol motifs (C(OH)–C–C–N with tert-alkyl or cyclic N) is 1. The van der Waals surface area contributed by atoms with Crippen LogP contribution in [-0.4, -0.2) is 34.9 Å². The van der Waals surface area contributed by atoms with Crippen molar-refractivity contribution in [3.05, 3.63) is 29.3 Å². The van der Waals surface area contributed by atoms with E-state index in [1.807, 2.05) is 19.9 Å². The summed E-state index contributed by atoms with van der Waals surface area (Å²) in [5.41, 5.74) is 1.76. The van der Waals surface area contributed by atoms with Crippen molar-refractivity contribution < 1.29 is 15.0 Å². The van der Waals surface area contributed by atoms with E-state index in [-0.39, 0.29) is 0 Å². The monoisotopic (exact) mass is 263 g/mol. The van der Waals surface area contributed by atoms with Crippen LogP contribution in [-0.2, 0) is 6.42 Å². The maximum absolute atomic E-state index is 11.0. The normalized spacial score (nSPS) is 17.7. The largest absolute Gasteiger partial charge is 0.478 e. The van der Waals surface area contributed by atoms with Crippen molar-refractivity contribution in [3.8, 4) is 0 Å². The number of carboxylic acid groups (broad SMARTS) is 1. The molecule has 1 aromatic rings. The summed E-state index contributed by atoms with van der Waals surface area (Å²) in [5, 5.41) is 19.2. The molecule has 2 N–H and O–H groups in total. The molecule has 4 nitrogen and oxygen atoms in total. The molecule has 1 aromatic carbocycles. The lowest BCUT2D eigenvalue weighted by Gasteiger charge is -2.36. The molecule has 104 valence electrons. The zero-order valence-corrected chi connectivity index (χ0v) is 11.5. The first-order chi connectivity index (χ1) is 8.93. The number of hydrogen-bond donors (Lipinski definition) is 2. The van der Waals surface area contributed by atoms with Crippen LogP contribution >= 0.6 is 0 Å². The van der Waals surface area contributed by atoms with Crippen LogP contribution < -0.4 is 4.90 Å². The molecule has 0 radical (unpaired) electrons. The van der Waals surface area contributed by atoms with Gasteiger partial charge in [0, 0.05) is 18.8 Å². The quantitative estimate of drug-likeness (QED) is 0.875. The van der Waals surface area contributed by atoms with Crippen LogP contribution in [0.3, 0.4) is 0 Å². The van der Waals surface area contributed by atoms with Gasteiger partial charge in [-0.25, -0.2) is 4.79 Å². The van der Waals surface area contributed by atoms with Crippen LogP contribution in [0.2, 0.25) is 0 Å².